The third kappa shape index (κ3) is 2.81. The van der Waals surface area contributed by atoms with Crippen LogP contribution in [0.2, 0.25) is 0 Å². The van der Waals surface area contributed by atoms with E-state index in [2.05, 4.69) is 64.9 Å². The minimum Gasteiger partial charge on any atom is -0.469 e. The van der Waals surface area contributed by atoms with Crippen molar-refractivity contribution >= 4 is 5.97 Å². The van der Waals surface area contributed by atoms with Crippen LogP contribution in [0.1, 0.15) is 111 Å². The Hall–Kier alpha value is -1.65. The summed E-state index contributed by atoms with van der Waals surface area (Å²) in [6, 6.07) is 0. The van der Waals surface area contributed by atoms with Gasteiger partial charge in [-0.2, -0.15) is 0 Å². The molecule has 6 rings (SSSR count). The fourth-order valence-electron chi connectivity index (χ4n) is 10.9. The third-order valence-electron chi connectivity index (χ3n) is 13.1. The van der Waals surface area contributed by atoms with Crippen LogP contribution in [0, 0.1) is 44.8 Å². The van der Waals surface area contributed by atoms with Crippen molar-refractivity contribution in [2.24, 2.45) is 44.8 Å². The Kier molecular flexibility index (Phi) is 4.97. The van der Waals surface area contributed by atoms with Crippen molar-refractivity contribution in [2.45, 2.75) is 112 Å². The molecule has 5 heteroatoms. The van der Waals surface area contributed by atoms with Gasteiger partial charge in [0.1, 0.15) is 11.4 Å². The van der Waals surface area contributed by atoms with Crippen LogP contribution < -0.4 is 0 Å². The van der Waals surface area contributed by atoms with Crippen molar-refractivity contribution < 1.29 is 14.2 Å². The normalized spacial score (nSPS) is 46.2. The number of fused-ring (bicyclic) bond motifs is 8. The van der Waals surface area contributed by atoms with Gasteiger partial charge < -0.3 is 4.74 Å². The summed E-state index contributed by atoms with van der Waals surface area (Å²) in [6.45, 7) is 17.2. The van der Waals surface area contributed by atoms with Crippen LogP contribution in [-0.4, -0.2) is 23.4 Å². The Morgan fingerprint density at radius 1 is 0.972 bits per heavy atom. The largest absolute Gasteiger partial charge is 0.469 e. The number of aromatic nitrogens is 2. The summed E-state index contributed by atoms with van der Waals surface area (Å²) in [5, 5.41) is 8.78. The van der Waals surface area contributed by atoms with E-state index < -0.39 is 0 Å². The molecule has 0 N–H and O–H groups in total. The monoisotopic (exact) mass is 494 g/mol. The van der Waals surface area contributed by atoms with E-state index in [4.69, 9.17) is 9.37 Å². The number of hydrogen-bond donors (Lipinski definition) is 0. The predicted molar refractivity (Wildman–Crippen MR) is 139 cm³/mol. The second-order valence-electron chi connectivity index (χ2n) is 15.3. The molecule has 0 aromatic carbocycles. The van der Waals surface area contributed by atoms with Crippen LogP contribution in [-0.2, 0) is 21.4 Å². The van der Waals surface area contributed by atoms with E-state index in [0.29, 0.717) is 17.8 Å². The van der Waals surface area contributed by atoms with E-state index in [1.165, 1.54) is 12.8 Å². The molecule has 5 aliphatic rings. The highest BCUT2D eigenvalue weighted by molar-refractivity contribution is 5.78. The van der Waals surface area contributed by atoms with E-state index in [1.54, 1.807) is 12.7 Å². The third-order valence-corrected chi connectivity index (χ3v) is 13.1. The molecule has 7 atom stereocenters. The minimum atomic E-state index is -0.339. The van der Waals surface area contributed by atoms with Crippen molar-refractivity contribution in [3.63, 3.8) is 0 Å². The van der Waals surface area contributed by atoms with E-state index in [9.17, 15) is 4.79 Å². The molecule has 5 nitrogen and oxygen atoms in total. The van der Waals surface area contributed by atoms with Crippen molar-refractivity contribution in [1.82, 2.24) is 10.3 Å². The second kappa shape index (κ2) is 7.26. The van der Waals surface area contributed by atoms with Gasteiger partial charge in [-0.25, -0.2) is 4.63 Å². The van der Waals surface area contributed by atoms with Gasteiger partial charge in [0.05, 0.1) is 12.5 Å². The van der Waals surface area contributed by atoms with Crippen LogP contribution in [0.25, 0.3) is 0 Å². The van der Waals surface area contributed by atoms with Gasteiger partial charge in [-0.1, -0.05) is 70.4 Å². The first-order valence-corrected chi connectivity index (χ1v) is 14.4. The Labute approximate surface area is 217 Å². The average molecular weight is 495 g/mol. The summed E-state index contributed by atoms with van der Waals surface area (Å²) >= 11 is 0. The zero-order chi connectivity index (χ0) is 25.9. The molecule has 3 fully saturated rings. The zero-order valence-corrected chi connectivity index (χ0v) is 23.8. The topological polar surface area (TPSA) is 65.2 Å². The van der Waals surface area contributed by atoms with E-state index in [-0.39, 0.29) is 38.5 Å². The Bertz CT molecular complexity index is 1130. The van der Waals surface area contributed by atoms with Crippen LogP contribution in [0.5, 0.6) is 0 Å². The van der Waals surface area contributed by atoms with E-state index >= 15 is 0 Å². The molecule has 1 aromatic rings. The molecule has 1 heterocycles. The zero-order valence-electron chi connectivity index (χ0n) is 23.8. The number of carbonyl (C=O) groups excluding carboxylic acids is 1. The van der Waals surface area contributed by atoms with Crippen molar-refractivity contribution in [1.29, 1.82) is 0 Å². The summed E-state index contributed by atoms with van der Waals surface area (Å²) in [5.74, 6) is 1.47. The van der Waals surface area contributed by atoms with Crippen LogP contribution in [0.15, 0.2) is 16.3 Å². The van der Waals surface area contributed by atoms with Gasteiger partial charge in [0.2, 0.25) is 0 Å². The number of allylic oxidation sites excluding steroid dienone is 2. The molecule has 3 saturated carbocycles. The Balaban J connectivity index is 1.46. The fraction of sp³-hybridized carbons (Fsp3) is 0.839. The number of methoxy groups -OCH3 is 1. The van der Waals surface area contributed by atoms with Crippen molar-refractivity contribution in [3.05, 3.63) is 23.0 Å². The minimum absolute atomic E-state index is 0.0332. The van der Waals surface area contributed by atoms with Crippen LogP contribution in [0.3, 0.4) is 0 Å². The highest BCUT2D eigenvalue weighted by atomic mass is 16.6. The molecule has 36 heavy (non-hydrogen) atoms. The van der Waals surface area contributed by atoms with Gasteiger partial charge in [-0.3, -0.25) is 4.79 Å². The summed E-state index contributed by atoms with van der Waals surface area (Å²) < 4.78 is 10.8. The Morgan fingerprint density at radius 3 is 2.42 bits per heavy atom. The first-order valence-electron chi connectivity index (χ1n) is 14.4. The molecule has 198 valence electrons. The summed E-state index contributed by atoms with van der Waals surface area (Å²) in [6.07, 6.45) is 12.3. The SMILES string of the molecule is COC(=O)[C@]12CCC(C)(C)C[C@H]1C1=CC[C@@H]3[C@@]4(C)Cc5nonc5C(C)(C)[C@@H]4CC[C@@]3(C)[C@]1(C)CC2. The van der Waals surface area contributed by atoms with Crippen molar-refractivity contribution in [2.75, 3.05) is 7.11 Å². The highest BCUT2D eigenvalue weighted by Gasteiger charge is 2.69. The van der Waals surface area contributed by atoms with Crippen LogP contribution in [0.4, 0.5) is 0 Å². The molecule has 0 saturated heterocycles. The maximum Gasteiger partial charge on any atom is 0.312 e. The van der Waals surface area contributed by atoms with Gasteiger partial charge in [0, 0.05) is 11.8 Å². The number of nitrogens with zero attached hydrogens (tertiary/aromatic N) is 2. The number of ether oxygens (including phenoxy) is 1. The lowest BCUT2D eigenvalue weighted by Gasteiger charge is -2.70. The molecule has 1 aromatic heterocycles. The van der Waals surface area contributed by atoms with Gasteiger partial charge in [0.25, 0.3) is 0 Å². The molecule has 0 bridgehead atoms. The first-order chi connectivity index (χ1) is 16.8. The van der Waals surface area contributed by atoms with Crippen LogP contribution >= 0.6 is 0 Å². The molecule has 0 radical (unpaired) electrons. The van der Waals surface area contributed by atoms with E-state index in [0.717, 1.165) is 56.3 Å². The van der Waals surface area contributed by atoms with E-state index in [1.807, 2.05) is 0 Å². The first kappa shape index (κ1) is 24.7. The quantitative estimate of drug-likeness (QED) is 0.309. The molecule has 0 spiro atoms. The molecule has 0 unspecified atom stereocenters. The summed E-state index contributed by atoms with van der Waals surface area (Å²) in [7, 11) is 1.59. The molecular weight excluding hydrogens is 448 g/mol. The van der Waals surface area contributed by atoms with Gasteiger partial charge >= 0.3 is 5.97 Å². The summed E-state index contributed by atoms with van der Waals surface area (Å²) in [5.41, 5.74) is 4.07. The number of rotatable bonds is 1. The average Bonchev–Trinajstić information content (AvgIpc) is 3.27. The predicted octanol–water partition coefficient (Wildman–Crippen LogP) is 7.06. The highest BCUT2D eigenvalue weighted by Crippen LogP contribution is 2.75. The number of esters is 1. The number of hydrogen-bond acceptors (Lipinski definition) is 5. The van der Waals surface area contributed by atoms with Gasteiger partial charge in [-0.05, 0) is 90.8 Å². The fourth-order valence-corrected chi connectivity index (χ4v) is 10.9. The Morgan fingerprint density at radius 2 is 1.69 bits per heavy atom. The smallest absolute Gasteiger partial charge is 0.312 e. The lowest BCUT2D eigenvalue weighted by Crippen LogP contribution is -2.64. The summed E-state index contributed by atoms with van der Waals surface area (Å²) in [4.78, 5) is 13.4. The van der Waals surface area contributed by atoms with Gasteiger partial charge in [0.15, 0.2) is 0 Å². The molecule has 0 aliphatic heterocycles. The lowest BCUT2D eigenvalue weighted by molar-refractivity contribution is -0.179. The molecule has 5 aliphatic carbocycles. The maximum absolute atomic E-state index is 13.4. The van der Waals surface area contributed by atoms with Gasteiger partial charge in [-0.15, -0.1) is 0 Å². The standard InChI is InChI=1S/C31H46N2O3/c1-26(2)13-15-31(25(34)35-8)16-14-29(6)19(20(31)17-26)9-10-23-28(5)18-21-24(33-36-32-21)27(3,4)22(28)11-12-30(23,29)7/h9,20,22-23H,10-18H2,1-8H3/t20-,22-,23+,28-,29+,30+,31-/m0/s1. The second-order valence-corrected chi connectivity index (χ2v) is 15.3. The van der Waals surface area contributed by atoms with Crippen molar-refractivity contribution in [3.8, 4) is 0 Å². The molecular formula is C31H46N2O3. The maximum atomic E-state index is 13.4. The number of carbonyl (C=O) groups is 1. The molecule has 0 amide bonds. The lowest BCUT2D eigenvalue weighted by atomic mass is 9.34.